The Hall–Kier alpha value is -0.800. The third-order valence-electron chi connectivity index (χ3n) is 4.32. The molecule has 1 aromatic rings. The molecule has 1 fully saturated rings. The summed E-state index contributed by atoms with van der Waals surface area (Å²) in [6, 6.07) is 2.98. The summed E-state index contributed by atoms with van der Waals surface area (Å²) in [4.78, 5) is 2.52. The Morgan fingerprint density at radius 3 is 2.75 bits per heavy atom. The zero-order valence-corrected chi connectivity index (χ0v) is 13.5. The lowest BCUT2D eigenvalue weighted by Gasteiger charge is -2.23. The summed E-state index contributed by atoms with van der Waals surface area (Å²) in [5.41, 5.74) is 1.35. The summed E-state index contributed by atoms with van der Waals surface area (Å²) in [7, 11) is 0. The second-order valence-electron chi connectivity index (χ2n) is 6.29. The first-order chi connectivity index (χ1) is 9.62. The first kappa shape index (κ1) is 15.6. The molecule has 2 rings (SSSR count). The van der Waals surface area contributed by atoms with Crippen molar-refractivity contribution in [2.45, 2.75) is 66.1 Å². The largest absolute Gasteiger partial charge is 0.465 e. The van der Waals surface area contributed by atoms with Crippen LogP contribution in [0, 0.1) is 12.8 Å². The van der Waals surface area contributed by atoms with Gasteiger partial charge in [-0.2, -0.15) is 0 Å². The lowest BCUT2D eigenvalue weighted by molar-refractivity contribution is 0.237. The molecule has 1 unspecified atom stereocenters. The Bertz CT molecular complexity index is 409. The number of aryl methyl sites for hydroxylation is 1. The molecule has 1 saturated carbocycles. The standard InChI is InChI=1S/C17H30N2O/c1-5-13(3)11-19(6-2)12-15-9-17(20-14(15)4)10-18-16-7-8-16/h9,13,16,18H,5-8,10-12H2,1-4H3. The predicted octanol–water partition coefficient (Wildman–Crippen LogP) is 3.71. The van der Waals surface area contributed by atoms with Crippen LogP contribution in [-0.2, 0) is 13.1 Å². The molecule has 1 N–H and O–H groups in total. The van der Waals surface area contributed by atoms with Gasteiger partial charge in [0.1, 0.15) is 11.5 Å². The maximum absolute atomic E-state index is 5.88. The van der Waals surface area contributed by atoms with Gasteiger partial charge in [-0.1, -0.05) is 27.2 Å². The van der Waals surface area contributed by atoms with Crippen LogP contribution in [0.25, 0.3) is 0 Å². The quantitative estimate of drug-likeness (QED) is 0.746. The highest BCUT2D eigenvalue weighted by atomic mass is 16.3. The molecule has 0 spiro atoms. The zero-order chi connectivity index (χ0) is 14.5. The first-order valence-electron chi connectivity index (χ1n) is 8.16. The molecule has 0 amide bonds. The van der Waals surface area contributed by atoms with Gasteiger partial charge in [-0.05, 0) is 38.3 Å². The Labute approximate surface area is 123 Å². The molecule has 1 atom stereocenters. The van der Waals surface area contributed by atoms with Gasteiger partial charge >= 0.3 is 0 Å². The Balaban J connectivity index is 1.89. The molecular formula is C17H30N2O. The smallest absolute Gasteiger partial charge is 0.118 e. The molecule has 0 aromatic carbocycles. The van der Waals surface area contributed by atoms with Crippen molar-refractivity contribution >= 4 is 0 Å². The summed E-state index contributed by atoms with van der Waals surface area (Å²) in [5.74, 6) is 2.93. The van der Waals surface area contributed by atoms with Crippen molar-refractivity contribution in [1.29, 1.82) is 0 Å². The number of hydrogen-bond acceptors (Lipinski definition) is 3. The van der Waals surface area contributed by atoms with Crippen LogP contribution in [-0.4, -0.2) is 24.0 Å². The van der Waals surface area contributed by atoms with Gasteiger partial charge in [-0.15, -0.1) is 0 Å². The highest BCUT2D eigenvalue weighted by molar-refractivity contribution is 5.21. The average molecular weight is 278 g/mol. The van der Waals surface area contributed by atoms with E-state index in [9.17, 15) is 0 Å². The van der Waals surface area contributed by atoms with Crippen LogP contribution in [0.3, 0.4) is 0 Å². The monoisotopic (exact) mass is 278 g/mol. The van der Waals surface area contributed by atoms with E-state index in [1.807, 2.05) is 0 Å². The van der Waals surface area contributed by atoms with E-state index in [0.29, 0.717) is 0 Å². The number of nitrogens with zero attached hydrogens (tertiary/aromatic N) is 1. The van der Waals surface area contributed by atoms with E-state index in [1.165, 1.54) is 31.4 Å². The summed E-state index contributed by atoms with van der Waals surface area (Å²) in [5, 5.41) is 3.51. The molecular weight excluding hydrogens is 248 g/mol. The molecule has 0 saturated heterocycles. The Kier molecular flexibility index (Phi) is 5.67. The number of rotatable bonds is 9. The van der Waals surface area contributed by atoms with Crippen molar-refractivity contribution in [1.82, 2.24) is 10.2 Å². The lowest BCUT2D eigenvalue weighted by Crippen LogP contribution is -2.27. The van der Waals surface area contributed by atoms with Crippen LogP contribution in [0.15, 0.2) is 10.5 Å². The van der Waals surface area contributed by atoms with Gasteiger partial charge in [0, 0.05) is 24.7 Å². The number of nitrogens with one attached hydrogen (secondary N) is 1. The predicted molar refractivity (Wildman–Crippen MR) is 83.7 cm³/mol. The Morgan fingerprint density at radius 1 is 1.40 bits per heavy atom. The summed E-state index contributed by atoms with van der Waals surface area (Å²) in [6.07, 6.45) is 3.90. The molecule has 20 heavy (non-hydrogen) atoms. The van der Waals surface area contributed by atoms with Crippen molar-refractivity contribution in [3.8, 4) is 0 Å². The summed E-state index contributed by atoms with van der Waals surface area (Å²) in [6.45, 7) is 13.1. The second-order valence-corrected chi connectivity index (χ2v) is 6.29. The molecule has 1 aromatic heterocycles. The van der Waals surface area contributed by atoms with E-state index in [0.717, 1.165) is 43.1 Å². The molecule has 1 aliphatic carbocycles. The number of furan rings is 1. The van der Waals surface area contributed by atoms with Crippen LogP contribution in [0.2, 0.25) is 0 Å². The van der Waals surface area contributed by atoms with E-state index in [1.54, 1.807) is 0 Å². The topological polar surface area (TPSA) is 28.4 Å². The fourth-order valence-corrected chi connectivity index (χ4v) is 2.48. The van der Waals surface area contributed by atoms with E-state index < -0.39 is 0 Å². The minimum absolute atomic E-state index is 0.737. The average Bonchev–Trinajstić information content (AvgIpc) is 3.20. The van der Waals surface area contributed by atoms with Gasteiger partial charge in [0.05, 0.1) is 6.54 Å². The third-order valence-corrected chi connectivity index (χ3v) is 4.32. The van der Waals surface area contributed by atoms with E-state index in [-0.39, 0.29) is 0 Å². The van der Waals surface area contributed by atoms with E-state index >= 15 is 0 Å². The molecule has 1 aliphatic rings. The van der Waals surface area contributed by atoms with Gasteiger partial charge in [0.25, 0.3) is 0 Å². The van der Waals surface area contributed by atoms with Crippen molar-refractivity contribution in [3.05, 3.63) is 23.2 Å². The van der Waals surface area contributed by atoms with Gasteiger partial charge in [-0.25, -0.2) is 0 Å². The summed E-state index contributed by atoms with van der Waals surface area (Å²) >= 11 is 0. The van der Waals surface area contributed by atoms with Gasteiger partial charge in [-0.3, -0.25) is 4.90 Å². The van der Waals surface area contributed by atoms with Crippen molar-refractivity contribution in [3.63, 3.8) is 0 Å². The minimum Gasteiger partial charge on any atom is -0.465 e. The van der Waals surface area contributed by atoms with Crippen LogP contribution in [0.4, 0.5) is 0 Å². The van der Waals surface area contributed by atoms with Crippen molar-refractivity contribution < 1.29 is 4.42 Å². The molecule has 0 bridgehead atoms. The lowest BCUT2D eigenvalue weighted by atomic mass is 10.1. The zero-order valence-electron chi connectivity index (χ0n) is 13.5. The van der Waals surface area contributed by atoms with Crippen LogP contribution < -0.4 is 5.32 Å². The summed E-state index contributed by atoms with van der Waals surface area (Å²) < 4.78 is 5.88. The highest BCUT2D eigenvalue weighted by Gasteiger charge is 2.21. The SMILES string of the molecule is CCC(C)CN(CC)Cc1cc(CNC2CC2)oc1C. The van der Waals surface area contributed by atoms with Gasteiger partial charge in [0.2, 0.25) is 0 Å². The highest BCUT2D eigenvalue weighted by Crippen LogP contribution is 2.21. The van der Waals surface area contributed by atoms with Crippen LogP contribution in [0.1, 0.15) is 57.1 Å². The molecule has 0 radical (unpaired) electrons. The van der Waals surface area contributed by atoms with E-state index in [4.69, 9.17) is 4.42 Å². The Morgan fingerprint density at radius 2 is 2.15 bits per heavy atom. The fourth-order valence-electron chi connectivity index (χ4n) is 2.48. The van der Waals surface area contributed by atoms with E-state index in [2.05, 4.69) is 44.0 Å². The molecule has 0 aliphatic heterocycles. The maximum atomic E-state index is 5.88. The van der Waals surface area contributed by atoms with Crippen molar-refractivity contribution in [2.75, 3.05) is 13.1 Å². The van der Waals surface area contributed by atoms with Gasteiger partial charge < -0.3 is 9.73 Å². The van der Waals surface area contributed by atoms with Crippen LogP contribution in [0.5, 0.6) is 0 Å². The molecule has 114 valence electrons. The second kappa shape index (κ2) is 7.28. The van der Waals surface area contributed by atoms with Crippen LogP contribution >= 0.6 is 0 Å². The number of hydrogen-bond donors (Lipinski definition) is 1. The third kappa shape index (κ3) is 4.64. The molecule has 3 nitrogen and oxygen atoms in total. The molecule has 3 heteroatoms. The molecule has 1 heterocycles. The van der Waals surface area contributed by atoms with Crippen molar-refractivity contribution in [2.24, 2.45) is 5.92 Å². The van der Waals surface area contributed by atoms with Gasteiger partial charge in [0.15, 0.2) is 0 Å². The fraction of sp³-hybridized carbons (Fsp3) is 0.765. The normalized spacial score (nSPS) is 16.9. The first-order valence-corrected chi connectivity index (χ1v) is 8.16. The maximum Gasteiger partial charge on any atom is 0.118 e. The minimum atomic E-state index is 0.737.